The van der Waals surface area contributed by atoms with Crippen LogP contribution < -0.4 is 5.32 Å². The molecular formula is C16H31IN4OS. The van der Waals surface area contributed by atoms with Crippen LogP contribution >= 0.6 is 35.3 Å². The van der Waals surface area contributed by atoms with Crippen LogP contribution in [0.4, 0.5) is 0 Å². The van der Waals surface area contributed by atoms with Gasteiger partial charge < -0.3 is 15.0 Å². The maximum Gasteiger partial charge on any atom is 0.194 e. The van der Waals surface area contributed by atoms with Crippen molar-refractivity contribution in [3.8, 4) is 0 Å². The van der Waals surface area contributed by atoms with Crippen LogP contribution in [0, 0.1) is 6.92 Å². The van der Waals surface area contributed by atoms with Gasteiger partial charge in [0.25, 0.3) is 0 Å². The van der Waals surface area contributed by atoms with Gasteiger partial charge in [-0.15, -0.1) is 35.3 Å². The highest BCUT2D eigenvalue weighted by Crippen LogP contribution is 2.09. The molecule has 134 valence electrons. The molecule has 0 unspecified atom stereocenters. The van der Waals surface area contributed by atoms with Crippen LogP contribution in [0.15, 0.2) is 10.4 Å². The number of nitrogens with one attached hydrogen (secondary N) is 1. The van der Waals surface area contributed by atoms with E-state index in [-0.39, 0.29) is 24.0 Å². The monoisotopic (exact) mass is 454 g/mol. The molecule has 0 spiro atoms. The van der Waals surface area contributed by atoms with E-state index in [1.807, 2.05) is 14.0 Å². The highest BCUT2D eigenvalue weighted by atomic mass is 127. The number of ether oxygens (including phenoxy) is 1. The zero-order chi connectivity index (χ0) is 16.2. The summed E-state index contributed by atoms with van der Waals surface area (Å²) in [4.78, 5) is 11.3. The minimum atomic E-state index is 0. The maximum absolute atomic E-state index is 5.56. The second kappa shape index (κ2) is 14.0. The molecule has 23 heavy (non-hydrogen) atoms. The molecule has 0 aliphatic rings. The zero-order valence-electron chi connectivity index (χ0n) is 14.8. The molecule has 1 aromatic rings. The lowest BCUT2D eigenvalue weighted by Gasteiger charge is -2.21. The Morgan fingerprint density at radius 1 is 1.35 bits per heavy atom. The Morgan fingerprint density at radius 3 is 2.70 bits per heavy atom. The van der Waals surface area contributed by atoms with Crippen molar-refractivity contribution in [1.29, 1.82) is 0 Å². The number of unbranched alkanes of at least 4 members (excludes halogenated alkanes) is 1. The molecule has 5 nitrogen and oxygen atoms in total. The first-order valence-electron chi connectivity index (χ1n) is 8.15. The highest BCUT2D eigenvalue weighted by Gasteiger charge is 2.08. The molecule has 0 saturated heterocycles. The van der Waals surface area contributed by atoms with Crippen molar-refractivity contribution in [3.05, 3.63) is 16.1 Å². The Morgan fingerprint density at radius 2 is 2.09 bits per heavy atom. The van der Waals surface area contributed by atoms with Gasteiger partial charge in [0.15, 0.2) is 5.96 Å². The average molecular weight is 454 g/mol. The van der Waals surface area contributed by atoms with Crippen molar-refractivity contribution in [2.75, 3.05) is 33.4 Å². The molecule has 0 aliphatic carbocycles. The van der Waals surface area contributed by atoms with Crippen molar-refractivity contribution >= 4 is 41.3 Å². The number of aryl methyl sites for hydroxylation is 1. The molecule has 0 radical (unpaired) electrons. The van der Waals surface area contributed by atoms with Gasteiger partial charge in [0.1, 0.15) is 0 Å². The van der Waals surface area contributed by atoms with Gasteiger partial charge in [0.05, 0.1) is 17.2 Å². The van der Waals surface area contributed by atoms with Crippen LogP contribution in [0.1, 0.15) is 43.8 Å². The van der Waals surface area contributed by atoms with E-state index in [2.05, 4.69) is 39.4 Å². The summed E-state index contributed by atoms with van der Waals surface area (Å²) in [5.74, 6) is 0.932. The number of thiazole rings is 1. The van der Waals surface area contributed by atoms with Gasteiger partial charge in [-0.1, -0.05) is 13.3 Å². The normalized spacial score (nSPS) is 11.2. The van der Waals surface area contributed by atoms with Crippen LogP contribution in [-0.4, -0.2) is 49.2 Å². The van der Waals surface area contributed by atoms with Crippen LogP contribution in [0.25, 0.3) is 0 Å². The van der Waals surface area contributed by atoms with Crippen molar-refractivity contribution in [2.45, 2.75) is 46.6 Å². The van der Waals surface area contributed by atoms with Gasteiger partial charge in [-0.2, -0.15) is 0 Å². The molecule has 0 atom stereocenters. The molecule has 7 heteroatoms. The molecule has 0 amide bonds. The zero-order valence-corrected chi connectivity index (χ0v) is 17.9. The lowest BCUT2D eigenvalue weighted by Crippen LogP contribution is -2.38. The predicted molar refractivity (Wildman–Crippen MR) is 110 cm³/mol. The number of aromatic nitrogens is 1. The Kier molecular flexibility index (Phi) is 13.7. The second-order valence-electron chi connectivity index (χ2n) is 5.27. The number of aliphatic imine (C=N–C) groups is 1. The topological polar surface area (TPSA) is 49.8 Å². The van der Waals surface area contributed by atoms with Gasteiger partial charge in [0.2, 0.25) is 0 Å². The van der Waals surface area contributed by atoms with Gasteiger partial charge >= 0.3 is 0 Å². The van der Waals surface area contributed by atoms with Crippen molar-refractivity contribution < 1.29 is 4.74 Å². The van der Waals surface area contributed by atoms with Gasteiger partial charge in [-0.3, -0.25) is 4.99 Å². The Labute approximate surface area is 161 Å². The summed E-state index contributed by atoms with van der Waals surface area (Å²) in [5, 5.41) is 6.55. The number of rotatable bonds is 10. The number of hydrogen-bond donors (Lipinski definition) is 1. The second-order valence-corrected chi connectivity index (χ2v) is 6.33. The molecule has 0 saturated carbocycles. The molecule has 1 N–H and O–H groups in total. The Bertz CT molecular complexity index is 439. The third-order valence-electron chi connectivity index (χ3n) is 3.11. The Hall–Kier alpha value is -0.410. The molecule has 0 aromatic carbocycles. The molecule has 1 rings (SSSR count). The summed E-state index contributed by atoms with van der Waals surface area (Å²) in [7, 11) is 2.05. The average Bonchev–Trinajstić information content (AvgIpc) is 2.90. The quantitative estimate of drug-likeness (QED) is 0.254. The van der Waals surface area contributed by atoms with Crippen LogP contribution in [0.5, 0.6) is 0 Å². The number of guanidine groups is 1. The standard InChI is InChI=1S/C16H30N4OS.HI/c1-5-7-10-21-11-8-9-18-16(17-6-2)20(4)12-15-13-22-14(3)19-15;/h13H,5-12H2,1-4H3,(H,17,18);1H. The fraction of sp³-hybridized carbons (Fsp3) is 0.750. The summed E-state index contributed by atoms with van der Waals surface area (Å²) in [5.41, 5.74) is 1.10. The van der Waals surface area contributed by atoms with E-state index in [0.717, 1.165) is 62.4 Å². The van der Waals surface area contributed by atoms with Gasteiger partial charge in [-0.05, 0) is 26.7 Å². The molecular weight excluding hydrogens is 423 g/mol. The first kappa shape index (κ1) is 22.6. The third-order valence-corrected chi connectivity index (χ3v) is 3.94. The maximum atomic E-state index is 5.56. The lowest BCUT2D eigenvalue weighted by atomic mass is 10.4. The van der Waals surface area contributed by atoms with E-state index < -0.39 is 0 Å². The minimum Gasteiger partial charge on any atom is -0.381 e. The van der Waals surface area contributed by atoms with Gasteiger partial charge in [0, 0.05) is 38.7 Å². The largest absolute Gasteiger partial charge is 0.381 e. The van der Waals surface area contributed by atoms with E-state index in [9.17, 15) is 0 Å². The van der Waals surface area contributed by atoms with Crippen LogP contribution in [0.2, 0.25) is 0 Å². The summed E-state index contributed by atoms with van der Waals surface area (Å²) in [6, 6.07) is 0. The summed E-state index contributed by atoms with van der Waals surface area (Å²) >= 11 is 1.69. The molecule has 1 aromatic heterocycles. The first-order valence-corrected chi connectivity index (χ1v) is 9.03. The molecule has 0 bridgehead atoms. The molecule has 0 aliphatic heterocycles. The van der Waals surface area contributed by atoms with Gasteiger partial charge in [-0.25, -0.2) is 4.98 Å². The minimum absolute atomic E-state index is 0. The SMILES string of the molecule is CCCCOCCCN=C(NCC)N(C)Cc1csc(C)n1.I. The lowest BCUT2D eigenvalue weighted by molar-refractivity contribution is 0.130. The van der Waals surface area contributed by atoms with E-state index in [0.29, 0.717) is 0 Å². The molecule has 1 heterocycles. The number of nitrogens with zero attached hydrogens (tertiary/aromatic N) is 3. The number of halogens is 1. The Balaban J connectivity index is 0.00000484. The number of hydrogen-bond acceptors (Lipinski definition) is 4. The fourth-order valence-corrected chi connectivity index (χ4v) is 2.57. The first-order chi connectivity index (χ1) is 10.7. The fourth-order valence-electron chi connectivity index (χ4n) is 1.97. The van der Waals surface area contributed by atoms with Crippen molar-refractivity contribution in [3.63, 3.8) is 0 Å². The molecule has 0 fully saturated rings. The highest BCUT2D eigenvalue weighted by molar-refractivity contribution is 14.0. The van der Waals surface area contributed by atoms with E-state index in [1.165, 1.54) is 6.42 Å². The third kappa shape index (κ3) is 10.1. The summed E-state index contributed by atoms with van der Waals surface area (Å²) in [6.07, 6.45) is 3.29. The van der Waals surface area contributed by atoms with Crippen LogP contribution in [-0.2, 0) is 11.3 Å². The smallest absolute Gasteiger partial charge is 0.194 e. The van der Waals surface area contributed by atoms with Crippen molar-refractivity contribution in [2.24, 2.45) is 4.99 Å². The summed E-state index contributed by atoms with van der Waals surface area (Å²) < 4.78 is 5.56. The van der Waals surface area contributed by atoms with Crippen LogP contribution in [0.3, 0.4) is 0 Å². The van der Waals surface area contributed by atoms with Crippen molar-refractivity contribution in [1.82, 2.24) is 15.2 Å². The predicted octanol–water partition coefficient (Wildman–Crippen LogP) is 3.67. The van der Waals surface area contributed by atoms with E-state index in [4.69, 9.17) is 4.74 Å². The van der Waals surface area contributed by atoms with E-state index in [1.54, 1.807) is 11.3 Å². The van der Waals surface area contributed by atoms with E-state index >= 15 is 0 Å². The summed E-state index contributed by atoms with van der Waals surface area (Å²) in [6.45, 7) is 10.4.